The predicted molar refractivity (Wildman–Crippen MR) is 69.9 cm³/mol. The van der Waals surface area contributed by atoms with E-state index < -0.39 is 35.5 Å². The second kappa shape index (κ2) is 6.18. The van der Waals surface area contributed by atoms with Gasteiger partial charge in [0.2, 0.25) is 0 Å². The molecule has 1 aliphatic rings. The Morgan fingerprint density at radius 3 is 2.39 bits per heavy atom. The molecule has 0 radical (unpaired) electrons. The number of urea groups is 1. The zero-order valence-corrected chi connectivity index (χ0v) is 11.7. The zero-order chi connectivity index (χ0) is 17.2. The number of hydrogen-bond donors (Lipinski definition) is 2. The fourth-order valence-electron chi connectivity index (χ4n) is 2.08. The first-order chi connectivity index (χ1) is 10.7. The second-order valence-electron chi connectivity index (χ2n) is 4.73. The van der Waals surface area contributed by atoms with Crippen LogP contribution in [-0.4, -0.2) is 55.9 Å². The Kier molecular flexibility index (Phi) is 4.48. The summed E-state index contributed by atoms with van der Waals surface area (Å²) in [5, 5.41) is 16.9. The van der Waals surface area contributed by atoms with Gasteiger partial charge in [-0.15, -0.1) is 0 Å². The molecular formula is C12H12F3N5O3. The molecular weight excluding hydrogens is 319 g/mol. The Balaban J connectivity index is 2.31. The Morgan fingerprint density at radius 2 is 1.87 bits per heavy atom. The van der Waals surface area contributed by atoms with Crippen molar-refractivity contribution >= 4 is 18.0 Å². The molecule has 2 heterocycles. The van der Waals surface area contributed by atoms with Crippen molar-refractivity contribution in [2.75, 3.05) is 13.1 Å². The van der Waals surface area contributed by atoms with Crippen molar-refractivity contribution in [1.29, 1.82) is 5.41 Å². The lowest BCUT2D eigenvalue weighted by Crippen LogP contribution is -2.48. The molecule has 2 rings (SSSR count). The van der Waals surface area contributed by atoms with Gasteiger partial charge >= 0.3 is 18.3 Å². The number of halogens is 3. The van der Waals surface area contributed by atoms with E-state index in [9.17, 15) is 22.8 Å². The van der Waals surface area contributed by atoms with Crippen LogP contribution in [0.2, 0.25) is 0 Å². The van der Waals surface area contributed by atoms with E-state index >= 15 is 0 Å². The number of carboxylic acid groups (broad SMARTS) is 1. The average molecular weight is 331 g/mol. The molecule has 0 saturated carbocycles. The Labute approximate surface area is 128 Å². The van der Waals surface area contributed by atoms with Crippen molar-refractivity contribution in [1.82, 2.24) is 19.8 Å². The molecule has 1 saturated heterocycles. The van der Waals surface area contributed by atoms with Crippen LogP contribution < -0.4 is 0 Å². The lowest BCUT2D eigenvalue weighted by atomic mass is 10.3. The zero-order valence-electron chi connectivity index (χ0n) is 11.7. The fraction of sp³-hybridized carbons (Fsp3) is 0.417. The summed E-state index contributed by atoms with van der Waals surface area (Å²) in [5.74, 6) is -0.956. The first-order valence-corrected chi connectivity index (χ1v) is 6.52. The van der Waals surface area contributed by atoms with Crippen molar-refractivity contribution in [3.63, 3.8) is 0 Å². The number of likely N-dealkylation sites (tertiary alicyclic amines) is 1. The summed E-state index contributed by atoms with van der Waals surface area (Å²) in [7, 11) is 0. The summed E-state index contributed by atoms with van der Waals surface area (Å²) in [6, 6.07) is -0.553. The number of hydrogen-bond acceptors (Lipinski definition) is 5. The Bertz CT molecular complexity index is 643. The molecule has 1 fully saturated rings. The molecule has 0 unspecified atom stereocenters. The normalized spacial score (nSPS) is 14.7. The number of amidine groups is 1. The average Bonchev–Trinajstić information content (AvgIpc) is 3.00. The largest absolute Gasteiger partial charge is 0.464 e. The molecule has 3 amide bonds. The highest BCUT2D eigenvalue weighted by Crippen LogP contribution is 2.27. The van der Waals surface area contributed by atoms with E-state index in [1.54, 1.807) is 0 Å². The first-order valence-electron chi connectivity index (χ1n) is 6.52. The van der Waals surface area contributed by atoms with Crippen molar-refractivity contribution in [2.24, 2.45) is 0 Å². The number of nitrogens with one attached hydrogen (secondary N) is 1. The Morgan fingerprint density at radius 1 is 1.26 bits per heavy atom. The molecule has 8 nitrogen and oxygen atoms in total. The van der Waals surface area contributed by atoms with Crippen LogP contribution in [0.5, 0.6) is 0 Å². The fourth-order valence-corrected chi connectivity index (χ4v) is 2.08. The minimum atomic E-state index is -4.77. The van der Waals surface area contributed by atoms with Crippen LogP contribution in [0.3, 0.4) is 0 Å². The van der Waals surface area contributed by atoms with E-state index in [0.29, 0.717) is 38.3 Å². The van der Waals surface area contributed by atoms with Gasteiger partial charge in [-0.2, -0.15) is 18.1 Å². The smallest absolute Gasteiger partial charge is 0.433 e. The maximum absolute atomic E-state index is 12.6. The molecule has 0 aliphatic carbocycles. The van der Waals surface area contributed by atoms with Gasteiger partial charge in [-0.3, -0.25) is 5.41 Å². The van der Waals surface area contributed by atoms with Crippen molar-refractivity contribution < 1.29 is 27.9 Å². The van der Waals surface area contributed by atoms with Crippen LogP contribution in [0.4, 0.5) is 22.8 Å². The summed E-state index contributed by atoms with van der Waals surface area (Å²) in [6.45, 7) is 0.654. The van der Waals surface area contributed by atoms with E-state index in [2.05, 4.69) is 9.97 Å². The van der Waals surface area contributed by atoms with Crippen LogP contribution in [0.1, 0.15) is 24.2 Å². The van der Waals surface area contributed by atoms with Crippen molar-refractivity contribution in [2.45, 2.75) is 19.0 Å². The number of alkyl halides is 3. The lowest BCUT2D eigenvalue weighted by Gasteiger charge is -2.24. The molecule has 0 spiro atoms. The summed E-state index contributed by atoms with van der Waals surface area (Å²) in [5.41, 5.74) is -1.94. The minimum Gasteiger partial charge on any atom is -0.464 e. The molecule has 0 aromatic carbocycles. The van der Waals surface area contributed by atoms with E-state index in [-0.39, 0.29) is 4.90 Å². The van der Waals surface area contributed by atoms with Gasteiger partial charge in [0.15, 0.2) is 5.84 Å². The third-order valence-electron chi connectivity index (χ3n) is 3.18. The molecule has 23 heavy (non-hydrogen) atoms. The first kappa shape index (κ1) is 16.6. The van der Waals surface area contributed by atoms with Gasteiger partial charge in [0.1, 0.15) is 17.7 Å². The van der Waals surface area contributed by atoms with E-state index in [0.717, 1.165) is 0 Å². The van der Waals surface area contributed by atoms with E-state index in [4.69, 9.17) is 10.5 Å². The maximum atomic E-state index is 12.6. The number of carbonyl (C=O) groups is 2. The van der Waals surface area contributed by atoms with Crippen molar-refractivity contribution in [3.8, 4) is 0 Å². The lowest BCUT2D eigenvalue weighted by molar-refractivity contribution is -0.141. The van der Waals surface area contributed by atoms with E-state index in [1.165, 1.54) is 4.90 Å². The number of imide groups is 1. The van der Waals surface area contributed by atoms with Gasteiger partial charge < -0.3 is 10.0 Å². The molecule has 11 heteroatoms. The third-order valence-corrected chi connectivity index (χ3v) is 3.18. The van der Waals surface area contributed by atoms with Crippen LogP contribution in [0.15, 0.2) is 12.4 Å². The van der Waals surface area contributed by atoms with Crippen LogP contribution >= 0.6 is 0 Å². The Hall–Kier alpha value is -2.72. The van der Waals surface area contributed by atoms with Gasteiger partial charge in [-0.1, -0.05) is 0 Å². The predicted octanol–water partition coefficient (Wildman–Crippen LogP) is 2.02. The number of rotatable bonds is 1. The van der Waals surface area contributed by atoms with Crippen LogP contribution in [0.25, 0.3) is 0 Å². The molecule has 1 aromatic rings. The van der Waals surface area contributed by atoms with Crippen molar-refractivity contribution in [3.05, 3.63) is 23.8 Å². The van der Waals surface area contributed by atoms with E-state index in [1.807, 2.05) is 0 Å². The molecule has 1 aromatic heterocycles. The second-order valence-corrected chi connectivity index (χ2v) is 4.73. The number of carbonyl (C=O) groups excluding carboxylic acids is 1. The SMILES string of the molecule is N=C(c1cc(C(F)(F)F)ncn1)N(C(=O)O)C(=O)N1CCCC1. The van der Waals surface area contributed by atoms with Crippen LogP contribution in [-0.2, 0) is 6.18 Å². The molecule has 0 bridgehead atoms. The molecule has 1 aliphatic heterocycles. The molecule has 124 valence electrons. The standard InChI is InChI=1S/C12H12F3N5O3/c13-12(14,15)8-5-7(17-6-18-8)9(16)20(11(22)23)10(21)19-3-1-2-4-19/h5-6,16H,1-4H2,(H,22,23). The molecule has 2 N–H and O–H groups in total. The summed E-state index contributed by atoms with van der Waals surface area (Å²) < 4.78 is 37.9. The third kappa shape index (κ3) is 3.55. The van der Waals surface area contributed by atoms with Gasteiger partial charge in [-0.05, 0) is 18.9 Å². The summed E-state index contributed by atoms with van der Waals surface area (Å²) >= 11 is 0. The van der Waals surface area contributed by atoms with Gasteiger partial charge in [-0.25, -0.2) is 19.6 Å². The summed E-state index contributed by atoms with van der Waals surface area (Å²) in [6.07, 6.45) is -4.59. The minimum absolute atomic E-state index is 0.0772. The molecule has 0 atom stereocenters. The highest BCUT2D eigenvalue weighted by atomic mass is 19.4. The number of nitrogens with zero attached hydrogens (tertiary/aromatic N) is 4. The maximum Gasteiger partial charge on any atom is 0.433 e. The van der Waals surface area contributed by atoms with Gasteiger partial charge in [0.05, 0.1) is 0 Å². The summed E-state index contributed by atoms with van der Waals surface area (Å²) in [4.78, 5) is 31.2. The monoisotopic (exact) mass is 331 g/mol. The highest BCUT2D eigenvalue weighted by molar-refractivity contribution is 6.14. The topological polar surface area (TPSA) is 110 Å². The number of amides is 3. The van der Waals surface area contributed by atoms with Crippen LogP contribution in [0, 0.1) is 5.41 Å². The highest BCUT2D eigenvalue weighted by Gasteiger charge is 2.36. The van der Waals surface area contributed by atoms with Gasteiger partial charge in [0.25, 0.3) is 0 Å². The van der Waals surface area contributed by atoms with Gasteiger partial charge in [0, 0.05) is 13.1 Å². The quantitative estimate of drug-likeness (QED) is 0.604. The number of aromatic nitrogens is 2.